The van der Waals surface area contributed by atoms with E-state index in [9.17, 15) is 0 Å². The highest BCUT2D eigenvalue weighted by molar-refractivity contribution is 6.36. The lowest BCUT2D eigenvalue weighted by Crippen LogP contribution is -2.28. The molecule has 0 aromatic rings. The van der Waals surface area contributed by atoms with Gasteiger partial charge in [0.1, 0.15) is 0 Å². The lowest BCUT2D eigenvalue weighted by atomic mass is 10.6. The zero-order valence-electron chi connectivity index (χ0n) is 3.56. The van der Waals surface area contributed by atoms with E-state index in [1.165, 1.54) is 0 Å². The van der Waals surface area contributed by atoms with Crippen LogP contribution in [0.2, 0.25) is 0 Å². The number of amidine groups is 2. The van der Waals surface area contributed by atoms with Crippen molar-refractivity contribution in [2.45, 2.75) is 0 Å². The van der Waals surface area contributed by atoms with Crippen molar-refractivity contribution in [3.05, 3.63) is 0 Å². The summed E-state index contributed by atoms with van der Waals surface area (Å²) in [7, 11) is 0. The Hall–Kier alpha value is -0.770. The van der Waals surface area contributed by atoms with Crippen molar-refractivity contribution in [2.24, 2.45) is 11.5 Å². The van der Waals surface area contributed by atoms with Gasteiger partial charge in [0.15, 0.2) is 11.7 Å². The molecule has 0 bridgehead atoms. The maximum absolute atomic E-state index is 6.38. The van der Waals surface area contributed by atoms with Gasteiger partial charge in [0.25, 0.3) is 0 Å². The summed E-state index contributed by atoms with van der Waals surface area (Å²) < 4.78 is 0. The molecule has 0 radical (unpaired) electrons. The second-order valence-electron chi connectivity index (χ2n) is 0.827. The number of halogens is 1. The van der Waals surface area contributed by atoms with E-state index in [4.69, 9.17) is 10.8 Å². The zero-order chi connectivity index (χ0) is 5.15. The van der Waals surface area contributed by atoms with E-state index in [1.807, 2.05) is 0 Å². The highest BCUT2D eigenvalue weighted by atomic mass is 35.5. The number of hydrogen-bond acceptors (Lipinski definition) is 2. The predicted molar refractivity (Wildman–Crippen MR) is 31.1 cm³/mol. The molecule has 0 rings (SSSR count). The number of hydrogen-bond donors (Lipinski definition) is 4. The molecule has 0 unspecified atom stereocenters. The topological polar surface area (TPSA) is 99.7 Å². The standard InChI is InChI=1S/C2H6N4.ClH/c3-1(4)2(5)6;/h(H3,3,4)(H3,5,6);1H. The van der Waals surface area contributed by atoms with Crippen LogP contribution >= 0.6 is 12.4 Å². The Morgan fingerprint density at radius 3 is 1.14 bits per heavy atom. The van der Waals surface area contributed by atoms with Gasteiger partial charge < -0.3 is 11.5 Å². The fraction of sp³-hybridized carbons (Fsp3) is 0. The summed E-state index contributed by atoms with van der Waals surface area (Å²) >= 11 is 0. The average Bonchev–Trinajstić information content (AvgIpc) is 1.36. The van der Waals surface area contributed by atoms with Crippen LogP contribution in [0.3, 0.4) is 0 Å². The first-order chi connectivity index (χ1) is 2.64. The summed E-state index contributed by atoms with van der Waals surface area (Å²) in [5.74, 6) is -0.759. The van der Waals surface area contributed by atoms with Gasteiger partial charge in [-0.15, -0.1) is 12.4 Å². The van der Waals surface area contributed by atoms with Crippen LogP contribution in [0.1, 0.15) is 0 Å². The smallest absolute Gasteiger partial charge is 0.158 e. The van der Waals surface area contributed by atoms with Crippen molar-refractivity contribution in [1.82, 2.24) is 0 Å². The Morgan fingerprint density at radius 2 is 1.14 bits per heavy atom. The molecule has 0 amide bonds. The molecule has 0 aliphatic rings. The first kappa shape index (κ1) is 9.52. The summed E-state index contributed by atoms with van der Waals surface area (Å²) in [4.78, 5) is 0. The maximum atomic E-state index is 6.38. The van der Waals surface area contributed by atoms with Crippen LogP contribution in [0, 0.1) is 10.8 Å². The van der Waals surface area contributed by atoms with Crippen molar-refractivity contribution in [3.8, 4) is 0 Å². The second-order valence-corrected chi connectivity index (χ2v) is 0.827. The Kier molecular flexibility index (Phi) is 4.65. The van der Waals surface area contributed by atoms with Crippen LogP contribution in [0.4, 0.5) is 0 Å². The normalized spacial score (nSPS) is 6.29. The van der Waals surface area contributed by atoms with E-state index < -0.39 is 0 Å². The largest absolute Gasteiger partial charge is 0.381 e. The minimum absolute atomic E-state index is 0. The summed E-state index contributed by atoms with van der Waals surface area (Å²) in [6.07, 6.45) is 0. The van der Waals surface area contributed by atoms with E-state index in [0.717, 1.165) is 0 Å². The molecule has 0 aromatic carbocycles. The third-order valence-corrected chi connectivity index (χ3v) is 0.290. The van der Waals surface area contributed by atoms with Gasteiger partial charge in [0, 0.05) is 0 Å². The number of rotatable bonds is 0. The molecule has 4 nitrogen and oxygen atoms in total. The third-order valence-electron chi connectivity index (χ3n) is 0.290. The second kappa shape index (κ2) is 3.42. The van der Waals surface area contributed by atoms with Crippen molar-refractivity contribution in [3.63, 3.8) is 0 Å². The maximum Gasteiger partial charge on any atom is 0.158 e. The van der Waals surface area contributed by atoms with Crippen molar-refractivity contribution in [1.29, 1.82) is 10.8 Å². The van der Waals surface area contributed by atoms with Crippen molar-refractivity contribution >= 4 is 24.1 Å². The summed E-state index contributed by atoms with van der Waals surface area (Å²) in [6, 6.07) is 0. The lowest BCUT2D eigenvalue weighted by molar-refractivity contribution is 1.41. The fourth-order valence-corrected chi connectivity index (χ4v) is 0. The quantitative estimate of drug-likeness (QED) is 0.252. The van der Waals surface area contributed by atoms with E-state index in [-0.39, 0.29) is 24.1 Å². The molecule has 42 valence electrons. The minimum Gasteiger partial charge on any atom is -0.381 e. The minimum atomic E-state index is -0.380. The van der Waals surface area contributed by atoms with Gasteiger partial charge in [0.05, 0.1) is 0 Å². The molecule has 7 heavy (non-hydrogen) atoms. The molecule has 0 aliphatic carbocycles. The monoisotopic (exact) mass is 122 g/mol. The van der Waals surface area contributed by atoms with E-state index in [0.29, 0.717) is 0 Å². The van der Waals surface area contributed by atoms with E-state index >= 15 is 0 Å². The van der Waals surface area contributed by atoms with Crippen LogP contribution in [0.25, 0.3) is 0 Å². The molecule has 0 spiro atoms. The van der Waals surface area contributed by atoms with Gasteiger partial charge >= 0.3 is 0 Å². The van der Waals surface area contributed by atoms with Crippen LogP contribution in [-0.2, 0) is 0 Å². The Morgan fingerprint density at radius 1 is 1.00 bits per heavy atom. The van der Waals surface area contributed by atoms with Gasteiger partial charge in [-0.25, -0.2) is 0 Å². The number of nitrogens with one attached hydrogen (secondary N) is 2. The molecule has 0 saturated heterocycles. The molecule has 6 N–H and O–H groups in total. The summed E-state index contributed by atoms with van der Waals surface area (Å²) in [6.45, 7) is 0. The predicted octanol–water partition coefficient (Wildman–Crippen LogP) is -0.720. The lowest BCUT2D eigenvalue weighted by Gasteiger charge is -1.84. The number of nitrogens with two attached hydrogens (primary N) is 2. The highest BCUT2D eigenvalue weighted by Gasteiger charge is 1.84. The molecular formula is C2H7ClN4. The summed E-state index contributed by atoms with van der Waals surface area (Å²) in [5, 5.41) is 12.8. The Balaban J connectivity index is 0. The van der Waals surface area contributed by atoms with Crippen LogP contribution in [0.5, 0.6) is 0 Å². The average molecular weight is 123 g/mol. The zero-order valence-corrected chi connectivity index (χ0v) is 4.38. The van der Waals surface area contributed by atoms with Gasteiger partial charge in [-0.1, -0.05) is 0 Å². The first-order valence-electron chi connectivity index (χ1n) is 1.33. The molecule has 0 fully saturated rings. The first-order valence-corrected chi connectivity index (χ1v) is 1.33. The fourth-order valence-electron chi connectivity index (χ4n) is 0. The summed E-state index contributed by atoms with van der Waals surface area (Å²) in [5.41, 5.74) is 9.34. The molecule has 0 saturated carbocycles. The molecule has 0 aromatic heterocycles. The molecule has 0 atom stereocenters. The molecule has 5 heteroatoms. The van der Waals surface area contributed by atoms with Gasteiger partial charge in [-0.3, -0.25) is 10.8 Å². The van der Waals surface area contributed by atoms with Crippen LogP contribution in [-0.4, -0.2) is 11.7 Å². The van der Waals surface area contributed by atoms with Crippen molar-refractivity contribution < 1.29 is 0 Å². The molecule has 0 aliphatic heterocycles. The molecular weight excluding hydrogens is 116 g/mol. The molecule has 0 heterocycles. The van der Waals surface area contributed by atoms with Gasteiger partial charge in [0.2, 0.25) is 0 Å². The van der Waals surface area contributed by atoms with Gasteiger partial charge in [-0.05, 0) is 0 Å². The Labute approximate surface area is 47.3 Å². The van der Waals surface area contributed by atoms with E-state index in [2.05, 4.69) is 11.5 Å². The Bertz CT molecular complexity index is 75.7. The van der Waals surface area contributed by atoms with Crippen LogP contribution < -0.4 is 11.5 Å². The van der Waals surface area contributed by atoms with E-state index in [1.54, 1.807) is 0 Å². The van der Waals surface area contributed by atoms with Gasteiger partial charge in [-0.2, -0.15) is 0 Å². The van der Waals surface area contributed by atoms with Crippen LogP contribution in [0.15, 0.2) is 0 Å². The highest BCUT2D eigenvalue weighted by Crippen LogP contribution is 1.48. The third kappa shape index (κ3) is 5.23. The SMILES string of the molecule is Cl.N=C(N)C(=N)N. The van der Waals surface area contributed by atoms with Crippen molar-refractivity contribution in [2.75, 3.05) is 0 Å².